The van der Waals surface area contributed by atoms with Crippen molar-refractivity contribution in [2.75, 3.05) is 7.11 Å². The van der Waals surface area contributed by atoms with Crippen LogP contribution in [-0.2, 0) is 23.6 Å². The molecule has 0 N–H and O–H groups in total. The van der Waals surface area contributed by atoms with Gasteiger partial charge in [0.25, 0.3) is 0 Å². The van der Waals surface area contributed by atoms with Gasteiger partial charge in [0.2, 0.25) is 0 Å². The minimum Gasteiger partial charge on any atom is -0.497 e. The number of hydrogen-bond acceptors (Lipinski definition) is 3. The molecule has 2 aromatic rings. The molecule has 0 aromatic heterocycles. The Kier molecular flexibility index (Phi) is 5.31. The van der Waals surface area contributed by atoms with Crippen LogP contribution in [0.2, 0.25) is 0 Å². The SMILES string of the molecule is COc1ccc(CN2[C@@H]3CC[C@@]2(c2ccc(CF)cc2)CC(=CC=O)C3)cc1. The zero-order chi connectivity index (χ0) is 19.6. The van der Waals surface area contributed by atoms with Crippen LogP contribution < -0.4 is 4.74 Å². The van der Waals surface area contributed by atoms with E-state index in [0.717, 1.165) is 44.3 Å². The predicted octanol–water partition coefficient (Wildman–Crippen LogP) is 4.94. The fourth-order valence-electron chi connectivity index (χ4n) is 4.95. The van der Waals surface area contributed by atoms with Crippen molar-refractivity contribution in [1.82, 2.24) is 4.90 Å². The van der Waals surface area contributed by atoms with Gasteiger partial charge in [-0.25, -0.2) is 4.39 Å². The maximum absolute atomic E-state index is 13.0. The van der Waals surface area contributed by atoms with E-state index in [9.17, 15) is 9.18 Å². The monoisotopic (exact) mass is 379 g/mol. The zero-order valence-electron chi connectivity index (χ0n) is 16.2. The molecule has 0 amide bonds. The molecular weight excluding hydrogens is 353 g/mol. The van der Waals surface area contributed by atoms with Gasteiger partial charge in [0, 0.05) is 12.6 Å². The van der Waals surface area contributed by atoms with E-state index in [-0.39, 0.29) is 5.54 Å². The molecule has 0 unspecified atom stereocenters. The number of carbonyl (C=O) groups excluding carboxylic acids is 1. The second kappa shape index (κ2) is 7.88. The number of rotatable bonds is 6. The van der Waals surface area contributed by atoms with Crippen molar-refractivity contribution in [2.24, 2.45) is 0 Å². The number of carbonyl (C=O) groups is 1. The highest BCUT2D eigenvalue weighted by molar-refractivity contribution is 5.66. The fourth-order valence-corrected chi connectivity index (χ4v) is 4.95. The summed E-state index contributed by atoms with van der Waals surface area (Å²) in [6, 6.07) is 16.6. The van der Waals surface area contributed by atoms with Crippen LogP contribution in [-0.4, -0.2) is 24.3 Å². The van der Waals surface area contributed by atoms with E-state index in [1.54, 1.807) is 13.2 Å². The molecule has 0 saturated carbocycles. The lowest BCUT2D eigenvalue weighted by Crippen LogP contribution is -2.48. The minimum absolute atomic E-state index is 0.132. The number of piperidine rings is 1. The third-order valence-electron chi connectivity index (χ3n) is 6.36. The van der Waals surface area contributed by atoms with Gasteiger partial charge in [-0.05, 0) is 60.6 Å². The van der Waals surface area contributed by atoms with Gasteiger partial charge in [-0.2, -0.15) is 0 Å². The fraction of sp³-hybridized carbons (Fsp3) is 0.375. The normalized spacial score (nSPS) is 25.8. The number of aldehydes is 1. The van der Waals surface area contributed by atoms with Crippen molar-refractivity contribution >= 4 is 6.29 Å². The molecule has 2 atom stereocenters. The highest BCUT2D eigenvalue weighted by Gasteiger charge is 2.50. The van der Waals surface area contributed by atoms with Crippen LogP contribution in [0, 0.1) is 0 Å². The summed E-state index contributed by atoms with van der Waals surface area (Å²) in [5.41, 5.74) is 4.26. The smallest absolute Gasteiger partial charge is 0.142 e. The maximum atomic E-state index is 13.0. The third kappa shape index (κ3) is 3.37. The quantitative estimate of drug-likeness (QED) is 0.526. The first-order valence-corrected chi connectivity index (χ1v) is 9.87. The van der Waals surface area contributed by atoms with Gasteiger partial charge in [0.1, 0.15) is 18.7 Å². The van der Waals surface area contributed by atoms with Gasteiger partial charge in [0.15, 0.2) is 0 Å². The summed E-state index contributed by atoms with van der Waals surface area (Å²) in [7, 11) is 1.68. The number of ether oxygens (including phenoxy) is 1. The number of allylic oxidation sites excluding steroid dienone is 1. The van der Waals surface area contributed by atoms with Crippen LogP contribution in [0.1, 0.15) is 42.4 Å². The molecular formula is C24H26FNO2. The predicted molar refractivity (Wildman–Crippen MR) is 108 cm³/mol. The molecule has 3 nitrogen and oxygen atoms in total. The molecule has 28 heavy (non-hydrogen) atoms. The minimum atomic E-state index is -0.443. The summed E-state index contributed by atoms with van der Waals surface area (Å²) >= 11 is 0. The first-order valence-electron chi connectivity index (χ1n) is 9.87. The van der Waals surface area contributed by atoms with Crippen LogP contribution in [0.3, 0.4) is 0 Å². The van der Waals surface area contributed by atoms with Crippen molar-refractivity contribution in [3.05, 3.63) is 76.9 Å². The van der Waals surface area contributed by atoms with Crippen molar-refractivity contribution in [1.29, 1.82) is 0 Å². The molecule has 2 aliphatic rings. The number of nitrogens with zero attached hydrogens (tertiary/aromatic N) is 1. The largest absolute Gasteiger partial charge is 0.497 e. The molecule has 4 rings (SSSR count). The summed E-state index contributed by atoms with van der Waals surface area (Å²) in [5.74, 6) is 0.859. The number of hydrogen-bond donors (Lipinski definition) is 0. The first kappa shape index (κ1) is 18.9. The van der Waals surface area contributed by atoms with Crippen molar-refractivity contribution in [2.45, 2.75) is 50.5 Å². The number of halogens is 1. The van der Waals surface area contributed by atoms with Crippen LogP contribution in [0.5, 0.6) is 5.75 Å². The summed E-state index contributed by atoms with van der Waals surface area (Å²) in [6.07, 6.45) is 6.62. The molecule has 4 heteroatoms. The summed E-state index contributed by atoms with van der Waals surface area (Å²) in [6.45, 7) is 0.412. The van der Waals surface area contributed by atoms with Gasteiger partial charge >= 0.3 is 0 Å². The van der Waals surface area contributed by atoms with Crippen LogP contribution in [0.4, 0.5) is 4.39 Å². The molecule has 0 radical (unpaired) electrons. The average Bonchev–Trinajstić information content (AvgIpc) is 2.94. The maximum Gasteiger partial charge on any atom is 0.142 e. The van der Waals surface area contributed by atoms with E-state index < -0.39 is 6.67 Å². The van der Waals surface area contributed by atoms with E-state index in [1.807, 2.05) is 24.3 Å². The molecule has 2 aliphatic heterocycles. The highest BCUT2D eigenvalue weighted by atomic mass is 19.1. The number of fused-ring (bicyclic) bond motifs is 2. The van der Waals surface area contributed by atoms with Gasteiger partial charge in [-0.3, -0.25) is 9.69 Å². The summed E-state index contributed by atoms with van der Waals surface area (Å²) in [5, 5.41) is 0. The van der Waals surface area contributed by atoms with Crippen LogP contribution in [0.25, 0.3) is 0 Å². The Morgan fingerprint density at radius 2 is 1.86 bits per heavy atom. The molecule has 2 aromatic carbocycles. The summed E-state index contributed by atoms with van der Waals surface area (Å²) < 4.78 is 18.3. The molecule has 0 spiro atoms. The van der Waals surface area contributed by atoms with Gasteiger partial charge in [-0.1, -0.05) is 42.0 Å². The number of alkyl halides is 1. The lowest BCUT2D eigenvalue weighted by atomic mass is 9.79. The van der Waals surface area contributed by atoms with Crippen molar-refractivity contribution < 1.29 is 13.9 Å². The Hall–Kier alpha value is -2.46. The van der Waals surface area contributed by atoms with Crippen molar-refractivity contribution in [3.63, 3.8) is 0 Å². The van der Waals surface area contributed by atoms with E-state index in [0.29, 0.717) is 11.6 Å². The zero-order valence-corrected chi connectivity index (χ0v) is 16.2. The Morgan fingerprint density at radius 1 is 1.14 bits per heavy atom. The first-order chi connectivity index (χ1) is 13.7. The lowest BCUT2D eigenvalue weighted by molar-refractivity contribution is -0.104. The molecule has 2 fully saturated rings. The van der Waals surface area contributed by atoms with E-state index >= 15 is 0 Å². The van der Waals surface area contributed by atoms with E-state index in [2.05, 4.69) is 29.2 Å². The average molecular weight is 379 g/mol. The van der Waals surface area contributed by atoms with Crippen molar-refractivity contribution in [3.8, 4) is 5.75 Å². The topological polar surface area (TPSA) is 29.5 Å². The Morgan fingerprint density at radius 3 is 2.50 bits per heavy atom. The van der Waals surface area contributed by atoms with Gasteiger partial charge in [-0.15, -0.1) is 0 Å². The number of methoxy groups -OCH3 is 1. The molecule has 0 aliphatic carbocycles. The molecule has 146 valence electrons. The lowest BCUT2D eigenvalue weighted by Gasteiger charge is -2.46. The summed E-state index contributed by atoms with van der Waals surface area (Å²) in [4.78, 5) is 13.7. The molecule has 2 heterocycles. The number of benzene rings is 2. The Balaban J connectivity index is 1.70. The molecule has 2 saturated heterocycles. The third-order valence-corrected chi connectivity index (χ3v) is 6.36. The molecule has 2 bridgehead atoms. The van der Waals surface area contributed by atoms with E-state index in [1.165, 1.54) is 16.7 Å². The van der Waals surface area contributed by atoms with Gasteiger partial charge < -0.3 is 4.74 Å². The second-order valence-corrected chi connectivity index (χ2v) is 7.87. The highest BCUT2D eigenvalue weighted by Crippen LogP contribution is 2.52. The van der Waals surface area contributed by atoms with Crippen LogP contribution >= 0.6 is 0 Å². The second-order valence-electron chi connectivity index (χ2n) is 7.87. The van der Waals surface area contributed by atoms with E-state index in [4.69, 9.17) is 4.74 Å². The Bertz CT molecular complexity index is 859. The van der Waals surface area contributed by atoms with Gasteiger partial charge in [0.05, 0.1) is 12.6 Å². The Labute approximate surface area is 165 Å². The standard InChI is InChI=1S/C24H26FNO2/c1-28-23-8-4-19(5-9-23)17-26-22-10-12-24(26,15-20(14-22)11-13-27)21-6-2-18(16-25)3-7-21/h2-9,11,13,22H,10,12,14-17H2,1H3/t22-,24+/m1/s1. The van der Waals surface area contributed by atoms with Crippen LogP contribution in [0.15, 0.2) is 60.2 Å².